The maximum atomic E-state index is 12.3. The highest BCUT2D eigenvalue weighted by Crippen LogP contribution is 2.31. The van der Waals surface area contributed by atoms with E-state index in [1.165, 1.54) is 6.07 Å². The third-order valence-electron chi connectivity index (χ3n) is 1.26. The summed E-state index contributed by atoms with van der Waals surface area (Å²) in [6.07, 6.45) is -2.75. The molecule has 1 heterocycles. The molecule has 0 aliphatic heterocycles. The van der Waals surface area contributed by atoms with Gasteiger partial charge in [0.25, 0.3) is 6.43 Å². The van der Waals surface area contributed by atoms with Gasteiger partial charge in [-0.15, -0.1) is 0 Å². The first-order valence-corrected chi connectivity index (χ1v) is 4.27. The lowest BCUT2D eigenvalue weighted by atomic mass is 10.3. The highest BCUT2D eigenvalue weighted by Gasteiger charge is 2.17. The Balaban J connectivity index is 3.35. The number of hydrogen-bond donors (Lipinski definition) is 0. The van der Waals surface area contributed by atoms with Crippen LogP contribution in [0.2, 0.25) is 5.02 Å². The molecule has 13 heavy (non-hydrogen) atoms. The predicted octanol–water partition coefficient (Wildman–Crippen LogP) is 3.31. The molecular weight excluding hydrogens is 265 g/mol. The van der Waals surface area contributed by atoms with Crippen molar-refractivity contribution in [3.05, 3.63) is 26.9 Å². The average molecular weight is 267 g/mol. The van der Waals surface area contributed by atoms with Crippen LogP contribution in [0.1, 0.15) is 17.8 Å². The first kappa shape index (κ1) is 10.4. The van der Waals surface area contributed by atoms with Crippen LogP contribution in [0.3, 0.4) is 0 Å². The molecule has 0 aliphatic carbocycles. The van der Waals surface area contributed by atoms with Crippen LogP contribution >= 0.6 is 27.5 Å². The van der Waals surface area contributed by atoms with Crippen molar-refractivity contribution in [1.29, 1.82) is 5.26 Å². The fourth-order valence-corrected chi connectivity index (χ4v) is 1.30. The molecule has 68 valence electrons. The molecule has 1 aromatic heterocycles. The smallest absolute Gasteiger partial charge is 0.235 e. The van der Waals surface area contributed by atoms with E-state index in [9.17, 15) is 8.78 Å². The summed E-state index contributed by atoms with van der Waals surface area (Å²) in [6, 6.07) is 2.86. The average Bonchev–Trinajstić information content (AvgIpc) is 2.09. The largest absolute Gasteiger partial charge is 0.281 e. The molecule has 0 unspecified atom stereocenters. The molecule has 0 saturated heterocycles. The minimum Gasteiger partial charge on any atom is -0.235 e. The van der Waals surface area contributed by atoms with E-state index in [1.807, 2.05) is 0 Å². The fourth-order valence-electron chi connectivity index (χ4n) is 0.719. The van der Waals surface area contributed by atoms with Gasteiger partial charge in [-0.25, -0.2) is 13.8 Å². The van der Waals surface area contributed by atoms with Gasteiger partial charge in [0.05, 0.1) is 9.50 Å². The van der Waals surface area contributed by atoms with E-state index >= 15 is 0 Å². The van der Waals surface area contributed by atoms with Crippen molar-refractivity contribution in [2.75, 3.05) is 0 Å². The molecule has 0 amide bonds. The second-order valence-corrected chi connectivity index (χ2v) is 3.30. The molecule has 0 fully saturated rings. The number of halogens is 4. The summed E-state index contributed by atoms with van der Waals surface area (Å²) in [7, 11) is 0. The van der Waals surface area contributed by atoms with Crippen molar-refractivity contribution in [3.63, 3.8) is 0 Å². The van der Waals surface area contributed by atoms with E-state index in [2.05, 4.69) is 20.9 Å². The zero-order chi connectivity index (χ0) is 10.0. The van der Waals surface area contributed by atoms with Crippen molar-refractivity contribution in [2.24, 2.45) is 0 Å². The van der Waals surface area contributed by atoms with Crippen molar-refractivity contribution in [2.45, 2.75) is 6.43 Å². The number of hydrogen-bond acceptors (Lipinski definition) is 2. The normalized spacial score (nSPS) is 10.2. The van der Waals surface area contributed by atoms with E-state index in [4.69, 9.17) is 16.9 Å². The molecule has 0 spiro atoms. The molecule has 0 saturated carbocycles. The topological polar surface area (TPSA) is 36.7 Å². The van der Waals surface area contributed by atoms with Gasteiger partial charge >= 0.3 is 0 Å². The molecule has 1 aromatic rings. The van der Waals surface area contributed by atoms with Gasteiger partial charge in [0.2, 0.25) is 0 Å². The summed E-state index contributed by atoms with van der Waals surface area (Å²) in [5, 5.41) is 8.49. The summed E-state index contributed by atoms with van der Waals surface area (Å²) < 4.78 is 24.6. The first-order valence-electron chi connectivity index (χ1n) is 3.10. The lowest BCUT2D eigenvalue weighted by Gasteiger charge is -2.03. The van der Waals surface area contributed by atoms with Gasteiger partial charge in [-0.05, 0) is 22.0 Å². The first-order chi connectivity index (χ1) is 6.06. The zero-order valence-corrected chi connectivity index (χ0v) is 8.40. The van der Waals surface area contributed by atoms with Gasteiger partial charge in [0, 0.05) is 0 Å². The Kier molecular flexibility index (Phi) is 3.17. The highest BCUT2D eigenvalue weighted by molar-refractivity contribution is 9.10. The monoisotopic (exact) mass is 266 g/mol. The number of aromatic nitrogens is 1. The SMILES string of the molecule is N#Cc1cc(Cl)c(Br)c(C(F)F)n1. The number of nitriles is 1. The molecule has 0 atom stereocenters. The molecule has 0 aromatic carbocycles. The van der Waals surface area contributed by atoms with E-state index in [-0.39, 0.29) is 15.2 Å². The summed E-state index contributed by atoms with van der Waals surface area (Å²) in [5.74, 6) is 0. The standard InChI is InChI=1S/C7H2BrClF2N2/c8-5-4(9)1-3(2-12)13-6(5)7(10)11/h1,7H. The Labute approximate surface area is 86.3 Å². The number of pyridine rings is 1. The minimum atomic E-state index is -2.75. The van der Waals surface area contributed by atoms with Crippen LogP contribution < -0.4 is 0 Å². The summed E-state index contributed by atoms with van der Waals surface area (Å²) in [4.78, 5) is 3.41. The quantitative estimate of drug-likeness (QED) is 0.783. The fraction of sp³-hybridized carbons (Fsp3) is 0.143. The van der Waals surface area contributed by atoms with Crippen molar-refractivity contribution < 1.29 is 8.78 Å². The molecule has 0 bridgehead atoms. The van der Waals surface area contributed by atoms with E-state index < -0.39 is 12.1 Å². The van der Waals surface area contributed by atoms with Crippen molar-refractivity contribution >= 4 is 27.5 Å². The molecule has 0 radical (unpaired) electrons. The van der Waals surface area contributed by atoms with Gasteiger partial charge in [-0.1, -0.05) is 11.6 Å². The van der Waals surface area contributed by atoms with Crippen LogP contribution in [-0.2, 0) is 0 Å². The molecule has 2 nitrogen and oxygen atoms in total. The summed E-state index contributed by atoms with van der Waals surface area (Å²) in [6.45, 7) is 0. The Morgan fingerprint density at radius 2 is 2.23 bits per heavy atom. The third kappa shape index (κ3) is 2.14. The summed E-state index contributed by atoms with van der Waals surface area (Å²) in [5.41, 5.74) is -0.632. The van der Waals surface area contributed by atoms with E-state index in [0.29, 0.717) is 0 Å². The van der Waals surface area contributed by atoms with Gasteiger partial charge < -0.3 is 0 Å². The van der Waals surface area contributed by atoms with E-state index in [1.54, 1.807) is 6.07 Å². The second kappa shape index (κ2) is 3.99. The highest BCUT2D eigenvalue weighted by atomic mass is 79.9. The Bertz CT molecular complexity index is 375. The lowest BCUT2D eigenvalue weighted by molar-refractivity contribution is 0.145. The van der Waals surface area contributed by atoms with Gasteiger partial charge in [0.15, 0.2) is 0 Å². The number of alkyl halides is 2. The van der Waals surface area contributed by atoms with Gasteiger partial charge in [-0.3, -0.25) is 0 Å². The molecule has 0 N–H and O–H groups in total. The van der Waals surface area contributed by atoms with Crippen LogP contribution in [-0.4, -0.2) is 4.98 Å². The number of nitrogens with zero attached hydrogens (tertiary/aromatic N) is 2. The third-order valence-corrected chi connectivity index (χ3v) is 2.62. The molecule has 0 aliphatic rings. The van der Waals surface area contributed by atoms with Crippen molar-refractivity contribution in [1.82, 2.24) is 4.98 Å². The van der Waals surface area contributed by atoms with E-state index in [0.717, 1.165) is 0 Å². The maximum Gasteiger partial charge on any atom is 0.281 e. The van der Waals surface area contributed by atoms with Crippen LogP contribution in [0.25, 0.3) is 0 Å². The number of rotatable bonds is 1. The van der Waals surface area contributed by atoms with Gasteiger partial charge in [-0.2, -0.15) is 5.26 Å². The zero-order valence-electron chi connectivity index (χ0n) is 6.06. The van der Waals surface area contributed by atoms with Crippen LogP contribution in [0.15, 0.2) is 10.5 Å². The van der Waals surface area contributed by atoms with Crippen LogP contribution in [0.5, 0.6) is 0 Å². The minimum absolute atomic E-state index is 0.0307. The van der Waals surface area contributed by atoms with Crippen molar-refractivity contribution in [3.8, 4) is 6.07 Å². The maximum absolute atomic E-state index is 12.3. The lowest BCUT2D eigenvalue weighted by Crippen LogP contribution is -1.95. The van der Waals surface area contributed by atoms with Crippen LogP contribution in [0.4, 0.5) is 8.78 Å². The van der Waals surface area contributed by atoms with Gasteiger partial charge in [0.1, 0.15) is 17.5 Å². The van der Waals surface area contributed by atoms with Crippen LogP contribution in [0, 0.1) is 11.3 Å². The predicted molar refractivity (Wildman–Crippen MR) is 46.6 cm³/mol. The Morgan fingerprint density at radius 1 is 1.62 bits per heavy atom. The molecule has 6 heteroatoms. The summed E-state index contributed by atoms with van der Waals surface area (Å²) >= 11 is 8.43. The molecule has 1 rings (SSSR count). The Morgan fingerprint density at radius 3 is 2.69 bits per heavy atom. The molecular formula is C7H2BrClF2N2. The second-order valence-electron chi connectivity index (χ2n) is 2.10. The Hall–Kier alpha value is -0.730.